The molecule has 1 fully saturated rings. The molecule has 0 aromatic heterocycles. The molecule has 0 N–H and O–H groups in total. The fraction of sp³-hybridized carbons (Fsp3) is 0.200. The van der Waals surface area contributed by atoms with Gasteiger partial charge in [0.15, 0.2) is 0 Å². The molecule has 1 aliphatic carbocycles. The van der Waals surface area contributed by atoms with Crippen LogP contribution in [0.2, 0.25) is 0 Å². The van der Waals surface area contributed by atoms with Gasteiger partial charge < -0.3 is 0 Å². The summed E-state index contributed by atoms with van der Waals surface area (Å²) < 4.78 is 0. The van der Waals surface area contributed by atoms with Crippen molar-refractivity contribution in [1.82, 2.24) is 0 Å². The molecule has 1 aliphatic rings. The van der Waals surface area contributed by atoms with Crippen LogP contribution in [-0.2, 0) is 0 Å². The molecule has 0 aromatic carbocycles. The lowest BCUT2D eigenvalue weighted by Crippen LogP contribution is -1.95. The van der Waals surface area contributed by atoms with Gasteiger partial charge >= 0.3 is 0 Å². The largest absolute Gasteiger partial charge is 0.0995 e. The number of hydrogen-bond acceptors (Lipinski definition) is 0. The van der Waals surface area contributed by atoms with Crippen LogP contribution in [-0.4, -0.2) is 0 Å². The van der Waals surface area contributed by atoms with Crippen LogP contribution in [0.3, 0.4) is 0 Å². The Bertz CT molecular complexity index is 47.1. The van der Waals surface area contributed by atoms with E-state index in [1.165, 1.54) is 5.57 Å². The first-order chi connectivity index (χ1) is 2.39. The number of rotatable bonds is 0. The third kappa shape index (κ3) is 0.344. The summed E-state index contributed by atoms with van der Waals surface area (Å²) in [7, 11) is 0. The van der Waals surface area contributed by atoms with E-state index in [-0.39, 0.29) is 0 Å². The summed E-state index contributed by atoms with van der Waals surface area (Å²) in [6.07, 6.45) is 5.83. The third-order valence-corrected chi connectivity index (χ3v) is 0.635. The first-order valence-corrected chi connectivity index (χ1v) is 1.64. The molecule has 0 heteroatoms. The summed E-state index contributed by atoms with van der Waals surface area (Å²) in [6.45, 7) is 3.64. The highest BCUT2D eigenvalue weighted by Gasteiger charge is 2.04. The van der Waals surface area contributed by atoms with Crippen molar-refractivity contribution in [3.05, 3.63) is 25.0 Å². The lowest BCUT2D eigenvalue weighted by atomic mass is 9.95. The Morgan fingerprint density at radius 2 is 2.40 bits per heavy atom. The predicted molar refractivity (Wildman–Crippen MR) is 21.3 cm³/mol. The zero-order valence-electron chi connectivity index (χ0n) is 2.99. The monoisotopic (exact) mass is 65.0 g/mol. The van der Waals surface area contributed by atoms with E-state index < -0.39 is 0 Å². The van der Waals surface area contributed by atoms with Gasteiger partial charge in [-0.15, -0.1) is 0 Å². The zero-order chi connectivity index (χ0) is 3.70. The molecule has 0 bridgehead atoms. The fourth-order valence-electron chi connectivity index (χ4n) is 0.246. The van der Waals surface area contributed by atoms with Gasteiger partial charge in [0.25, 0.3) is 0 Å². The zero-order valence-corrected chi connectivity index (χ0v) is 2.99. The van der Waals surface area contributed by atoms with Crippen LogP contribution in [0.4, 0.5) is 0 Å². The SMILES string of the molecule is C=C1[CH][C]C1. The predicted octanol–water partition coefficient (Wildman–Crippen LogP) is 1.23. The average Bonchev–Trinajstić information content (AvgIpc) is 1.30. The Labute approximate surface area is 32.5 Å². The highest BCUT2D eigenvalue weighted by molar-refractivity contribution is 5.27. The van der Waals surface area contributed by atoms with E-state index >= 15 is 0 Å². The molecule has 0 unspecified atom stereocenters. The van der Waals surface area contributed by atoms with Crippen molar-refractivity contribution in [1.29, 1.82) is 0 Å². The first-order valence-electron chi connectivity index (χ1n) is 1.64. The van der Waals surface area contributed by atoms with Crippen LogP contribution >= 0.6 is 0 Å². The molecular formula is C5H5. The second-order valence-electron chi connectivity index (χ2n) is 1.18. The summed E-state index contributed by atoms with van der Waals surface area (Å²) in [5.74, 6) is 0. The van der Waals surface area contributed by atoms with Crippen LogP contribution < -0.4 is 0 Å². The molecule has 5 heavy (non-hydrogen) atoms. The van der Waals surface area contributed by atoms with Crippen molar-refractivity contribution in [3.8, 4) is 0 Å². The Hall–Kier alpha value is -0.260. The Kier molecular flexibility index (Phi) is 0.503. The van der Waals surface area contributed by atoms with E-state index in [2.05, 4.69) is 13.0 Å². The molecule has 0 nitrogen and oxygen atoms in total. The van der Waals surface area contributed by atoms with Crippen molar-refractivity contribution >= 4 is 0 Å². The van der Waals surface area contributed by atoms with Gasteiger partial charge in [-0.2, -0.15) is 0 Å². The highest BCUT2D eigenvalue weighted by Crippen LogP contribution is 2.19. The minimum atomic E-state index is 0.986. The lowest BCUT2D eigenvalue weighted by molar-refractivity contribution is 1.02. The standard InChI is InChI=1S/C5H5/c1-5-3-2-4-5/h3H,1,4H2. The average molecular weight is 65.1 g/mol. The fourth-order valence-corrected chi connectivity index (χ4v) is 0.246. The molecule has 0 spiro atoms. The lowest BCUT2D eigenvalue weighted by Gasteiger charge is -2.10. The maximum atomic E-state index is 3.64. The molecule has 0 atom stereocenters. The number of hydrogen-bond donors (Lipinski definition) is 0. The minimum Gasteiger partial charge on any atom is -0.0995 e. The molecular weight excluding hydrogens is 60.1 g/mol. The van der Waals surface area contributed by atoms with Crippen LogP contribution in [0, 0.1) is 12.8 Å². The molecule has 1 rings (SSSR count). The quantitative estimate of drug-likeness (QED) is 0.398. The Balaban J connectivity index is 2.32. The first kappa shape index (κ1) is 2.95. The van der Waals surface area contributed by atoms with Gasteiger partial charge in [-0.25, -0.2) is 0 Å². The van der Waals surface area contributed by atoms with Gasteiger partial charge in [0.2, 0.25) is 0 Å². The second-order valence-corrected chi connectivity index (χ2v) is 1.18. The summed E-state index contributed by atoms with van der Waals surface area (Å²) in [5, 5.41) is 0. The normalized spacial score (nSPS) is 22.0. The summed E-state index contributed by atoms with van der Waals surface area (Å²) in [6, 6.07) is 0. The van der Waals surface area contributed by atoms with E-state index in [4.69, 9.17) is 0 Å². The smallest absolute Gasteiger partial charge is 0.00463 e. The van der Waals surface area contributed by atoms with Crippen LogP contribution in [0.25, 0.3) is 0 Å². The topological polar surface area (TPSA) is 0 Å². The van der Waals surface area contributed by atoms with Crippen molar-refractivity contribution in [2.45, 2.75) is 6.42 Å². The van der Waals surface area contributed by atoms with Gasteiger partial charge in [-0.1, -0.05) is 12.2 Å². The van der Waals surface area contributed by atoms with E-state index in [0.717, 1.165) is 6.42 Å². The molecule has 0 saturated heterocycles. The molecule has 0 heterocycles. The molecule has 0 aliphatic heterocycles. The van der Waals surface area contributed by atoms with Gasteiger partial charge in [-0.05, 0) is 19.3 Å². The number of allylic oxidation sites excluding steroid dienone is 1. The van der Waals surface area contributed by atoms with Crippen molar-refractivity contribution in [3.63, 3.8) is 0 Å². The van der Waals surface area contributed by atoms with Gasteiger partial charge in [0.05, 0.1) is 0 Å². The molecule has 25 valence electrons. The molecule has 1 saturated carbocycles. The highest BCUT2D eigenvalue weighted by atomic mass is 14.1. The maximum absolute atomic E-state index is 3.64. The minimum absolute atomic E-state index is 0.986. The second kappa shape index (κ2) is 0.852. The van der Waals surface area contributed by atoms with E-state index in [0.29, 0.717) is 0 Å². The summed E-state index contributed by atoms with van der Waals surface area (Å²) in [4.78, 5) is 0. The summed E-state index contributed by atoms with van der Waals surface area (Å²) >= 11 is 0. The Morgan fingerprint density at radius 3 is 2.40 bits per heavy atom. The molecule has 0 amide bonds. The van der Waals surface area contributed by atoms with Crippen molar-refractivity contribution in [2.24, 2.45) is 0 Å². The Morgan fingerprint density at radius 1 is 2.00 bits per heavy atom. The van der Waals surface area contributed by atoms with Gasteiger partial charge in [0, 0.05) is 0 Å². The third-order valence-electron chi connectivity index (χ3n) is 0.635. The van der Waals surface area contributed by atoms with E-state index in [9.17, 15) is 0 Å². The summed E-state index contributed by atoms with van der Waals surface area (Å²) in [5.41, 5.74) is 1.20. The van der Waals surface area contributed by atoms with E-state index in [1.807, 2.05) is 6.42 Å². The van der Waals surface area contributed by atoms with Gasteiger partial charge in [0.1, 0.15) is 0 Å². The van der Waals surface area contributed by atoms with Crippen LogP contribution in [0.1, 0.15) is 6.42 Å². The van der Waals surface area contributed by atoms with Crippen molar-refractivity contribution in [2.75, 3.05) is 0 Å². The van der Waals surface area contributed by atoms with Crippen LogP contribution in [0.5, 0.6) is 0 Å². The molecule has 3 radical (unpaired) electrons. The van der Waals surface area contributed by atoms with Gasteiger partial charge in [-0.3, -0.25) is 0 Å². The van der Waals surface area contributed by atoms with E-state index in [1.54, 1.807) is 0 Å². The maximum Gasteiger partial charge on any atom is -0.00463 e. The van der Waals surface area contributed by atoms with Crippen molar-refractivity contribution < 1.29 is 0 Å². The van der Waals surface area contributed by atoms with Crippen LogP contribution in [0.15, 0.2) is 12.2 Å². The molecule has 0 aromatic rings.